The summed E-state index contributed by atoms with van der Waals surface area (Å²) in [6.07, 6.45) is 4.34. The Morgan fingerprint density at radius 2 is 1.79 bits per heavy atom. The van der Waals surface area contributed by atoms with Gasteiger partial charge in [0.05, 0.1) is 5.75 Å². The van der Waals surface area contributed by atoms with E-state index in [2.05, 4.69) is 49.4 Å². The molecule has 0 saturated carbocycles. The maximum Gasteiger partial charge on any atom is 0.234 e. The van der Waals surface area contributed by atoms with E-state index < -0.39 is 0 Å². The van der Waals surface area contributed by atoms with Gasteiger partial charge in [0.25, 0.3) is 0 Å². The number of nitrogens with one attached hydrogen (secondary N) is 1. The van der Waals surface area contributed by atoms with E-state index in [1.165, 1.54) is 41.6 Å². The first-order chi connectivity index (χ1) is 16.5. The number of rotatable bonds is 8. The third-order valence-electron chi connectivity index (χ3n) is 5.29. The highest BCUT2D eigenvalue weighted by molar-refractivity contribution is 7.99. The molecule has 0 atom stereocenters. The Balaban J connectivity index is 1.27. The molecule has 0 spiro atoms. The van der Waals surface area contributed by atoms with Gasteiger partial charge in [-0.1, -0.05) is 65.8 Å². The number of carbonyl (C=O) groups excluding carboxylic acids is 1. The molecule has 9 heteroatoms. The number of amides is 1. The van der Waals surface area contributed by atoms with E-state index in [0.29, 0.717) is 16.0 Å². The molecule has 1 saturated heterocycles. The van der Waals surface area contributed by atoms with Crippen molar-refractivity contribution in [2.45, 2.75) is 5.16 Å². The zero-order valence-electron chi connectivity index (χ0n) is 18.5. The molecule has 1 aromatic heterocycles. The maximum absolute atomic E-state index is 13.0. The Morgan fingerprint density at radius 3 is 2.53 bits per heavy atom. The molecule has 1 amide bonds. The van der Waals surface area contributed by atoms with Gasteiger partial charge < -0.3 is 10.2 Å². The van der Waals surface area contributed by atoms with Gasteiger partial charge in [-0.2, -0.15) is 0 Å². The highest BCUT2D eigenvalue weighted by Gasteiger charge is 2.19. The average Bonchev–Trinajstić information content (AvgIpc) is 2.85. The molecule has 2 aromatic carbocycles. The van der Waals surface area contributed by atoms with Gasteiger partial charge in [0, 0.05) is 44.5 Å². The topological polar surface area (TPSA) is 61.4 Å². The predicted molar refractivity (Wildman–Crippen MR) is 137 cm³/mol. The number of benzene rings is 2. The number of hydrogen-bond donors (Lipinski definition) is 1. The van der Waals surface area contributed by atoms with Crippen LogP contribution in [0.4, 0.5) is 15.9 Å². The van der Waals surface area contributed by atoms with Crippen LogP contribution in [0.1, 0.15) is 5.56 Å². The van der Waals surface area contributed by atoms with E-state index in [1.54, 1.807) is 6.07 Å². The van der Waals surface area contributed by atoms with Crippen molar-refractivity contribution in [3.63, 3.8) is 0 Å². The summed E-state index contributed by atoms with van der Waals surface area (Å²) in [5.74, 6) is 0.315. The second-order valence-corrected chi connectivity index (χ2v) is 9.11. The highest BCUT2D eigenvalue weighted by atomic mass is 35.5. The molecule has 4 rings (SSSR count). The first kappa shape index (κ1) is 24.2. The number of halogens is 2. The fourth-order valence-electron chi connectivity index (χ4n) is 3.53. The molecule has 1 fully saturated rings. The van der Waals surface area contributed by atoms with Crippen molar-refractivity contribution in [3.05, 3.63) is 83.3 Å². The van der Waals surface area contributed by atoms with Crippen molar-refractivity contribution in [1.82, 2.24) is 14.9 Å². The van der Waals surface area contributed by atoms with Gasteiger partial charge in [0.2, 0.25) is 5.91 Å². The molecular formula is C25H25ClFN5OS. The molecule has 0 radical (unpaired) electrons. The molecule has 34 heavy (non-hydrogen) atoms. The van der Waals surface area contributed by atoms with Gasteiger partial charge in [0.1, 0.15) is 16.8 Å². The Morgan fingerprint density at radius 1 is 1.06 bits per heavy atom. The maximum atomic E-state index is 13.0. The number of nitrogens with zero attached hydrogens (tertiary/aromatic N) is 4. The van der Waals surface area contributed by atoms with Crippen LogP contribution in [0.2, 0.25) is 5.15 Å². The van der Waals surface area contributed by atoms with Crippen LogP contribution in [0.25, 0.3) is 6.08 Å². The number of aromatic nitrogens is 2. The van der Waals surface area contributed by atoms with Crippen LogP contribution in [0.5, 0.6) is 0 Å². The minimum atomic E-state index is -0.350. The van der Waals surface area contributed by atoms with Crippen molar-refractivity contribution >= 4 is 46.9 Å². The minimum absolute atomic E-state index is 0.124. The van der Waals surface area contributed by atoms with Gasteiger partial charge in [-0.15, -0.1) is 0 Å². The lowest BCUT2D eigenvalue weighted by atomic mass is 10.2. The van der Waals surface area contributed by atoms with Crippen molar-refractivity contribution < 1.29 is 9.18 Å². The van der Waals surface area contributed by atoms with Gasteiger partial charge in [-0.05, 0) is 29.8 Å². The smallest absolute Gasteiger partial charge is 0.234 e. The summed E-state index contributed by atoms with van der Waals surface area (Å²) < 4.78 is 13.0. The first-order valence-corrected chi connectivity index (χ1v) is 12.3. The lowest BCUT2D eigenvalue weighted by molar-refractivity contribution is -0.113. The van der Waals surface area contributed by atoms with Crippen LogP contribution in [0.3, 0.4) is 0 Å². The second kappa shape index (κ2) is 12.0. The van der Waals surface area contributed by atoms with Crippen molar-refractivity contribution in [1.29, 1.82) is 0 Å². The largest absolute Gasteiger partial charge is 0.354 e. The van der Waals surface area contributed by atoms with Gasteiger partial charge in [-0.3, -0.25) is 9.69 Å². The van der Waals surface area contributed by atoms with Gasteiger partial charge >= 0.3 is 0 Å². The molecular weight excluding hydrogens is 473 g/mol. The monoisotopic (exact) mass is 497 g/mol. The molecule has 1 aliphatic heterocycles. The van der Waals surface area contributed by atoms with Crippen LogP contribution in [-0.2, 0) is 4.79 Å². The SMILES string of the molecule is O=C(CSc1nc(Cl)cc(N2CCN(CC=Cc3ccccc3)CC2)n1)Nc1ccc(F)cc1. The highest BCUT2D eigenvalue weighted by Crippen LogP contribution is 2.23. The predicted octanol–water partition coefficient (Wildman–Crippen LogP) is 4.84. The van der Waals surface area contributed by atoms with E-state index in [9.17, 15) is 9.18 Å². The fourth-order valence-corrected chi connectivity index (χ4v) is 4.42. The molecule has 3 aromatic rings. The summed E-state index contributed by atoms with van der Waals surface area (Å²) in [6, 6.07) is 17.7. The molecule has 0 unspecified atom stereocenters. The lowest BCUT2D eigenvalue weighted by Gasteiger charge is -2.35. The molecule has 0 bridgehead atoms. The van der Waals surface area contributed by atoms with Gasteiger partial charge in [0.15, 0.2) is 5.16 Å². The van der Waals surface area contributed by atoms with Crippen molar-refractivity contribution in [3.8, 4) is 0 Å². The zero-order chi connectivity index (χ0) is 23.8. The number of piperazine rings is 1. The Hall–Kier alpha value is -2.94. The third kappa shape index (κ3) is 7.28. The zero-order valence-corrected chi connectivity index (χ0v) is 20.1. The normalized spacial score (nSPS) is 14.5. The molecule has 1 aliphatic rings. The van der Waals surface area contributed by atoms with E-state index in [1.807, 2.05) is 18.2 Å². The summed E-state index contributed by atoms with van der Waals surface area (Å²) in [5, 5.41) is 3.52. The van der Waals surface area contributed by atoms with Crippen LogP contribution in [0, 0.1) is 5.82 Å². The number of thioether (sulfide) groups is 1. The number of carbonyl (C=O) groups is 1. The van der Waals surface area contributed by atoms with Crippen LogP contribution >= 0.6 is 23.4 Å². The third-order valence-corrected chi connectivity index (χ3v) is 6.33. The quantitative estimate of drug-likeness (QED) is 0.273. The van der Waals surface area contributed by atoms with Crippen molar-refractivity contribution in [2.24, 2.45) is 0 Å². The van der Waals surface area contributed by atoms with Crippen LogP contribution in [-0.4, -0.2) is 59.3 Å². The van der Waals surface area contributed by atoms with E-state index in [4.69, 9.17) is 11.6 Å². The number of anilines is 2. The summed E-state index contributed by atoms with van der Waals surface area (Å²) in [6.45, 7) is 4.41. The summed E-state index contributed by atoms with van der Waals surface area (Å²) >= 11 is 7.45. The summed E-state index contributed by atoms with van der Waals surface area (Å²) in [7, 11) is 0. The molecule has 176 valence electrons. The first-order valence-electron chi connectivity index (χ1n) is 11.0. The standard InChI is InChI=1S/C25H25ClFN5OS/c26-22-17-23(30-25(29-22)34-18-24(33)28-21-10-8-20(27)9-11-21)32-15-13-31(14-16-32)12-4-7-19-5-2-1-3-6-19/h1-11,17H,12-16,18H2,(H,28,33). The molecule has 0 aliphatic carbocycles. The van der Waals surface area contributed by atoms with E-state index in [0.717, 1.165) is 38.5 Å². The van der Waals surface area contributed by atoms with E-state index >= 15 is 0 Å². The summed E-state index contributed by atoms with van der Waals surface area (Å²) in [4.78, 5) is 25.7. The van der Waals surface area contributed by atoms with Crippen LogP contribution < -0.4 is 10.2 Å². The van der Waals surface area contributed by atoms with Crippen LogP contribution in [0.15, 0.2) is 71.9 Å². The van der Waals surface area contributed by atoms with Gasteiger partial charge in [-0.25, -0.2) is 14.4 Å². The molecule has 6 nitrogen and oxygen atoms in total. The number of hydrogen-bond acceptors (Lipinski definition) is 6. The minimum Gasteiger partial charge on any atom is -0.354 e. The Bertz CT molecular complexity index is 1120. The fraction of sp³-hybridized carbons (Fsp3) is 0.240. The van der Waals surface area contributed by atoms with Crippen molar-refractivity contribution in [2.75, 3.05) is 48.7 Å². The molecule has 1 N–H and O–H groups in total. The molecule has 2 heterocycles. The van der Waals surface area contributed by atoms with E-state index in [-0.39, 0.29) is 17.5 Å². The Kier molecular flexibility index (Phi) is 8.51. The average molecular weight is 498 g/mol. The lowest BCUT2D eigenvalue weighted by Crippen LogP contribution is -2.46. The second-order valence-electron chi connectivity index (χ2n) is 7.78. The Labute approximate surface area is 207 Å². The summed E-state index contributed by atoms with van der Waals surface area (Å²) in [5.41, 5.74) is 1.74.